The summed E-state index contributed by atoms with van der Waals surface area (Å²) >= 11 is 0. The van der Waals surface area contributed by atoms with Crippen molar-refractivity contribution in [3.63, 3.8) is 0 Å². The Morgan fingerprint density at radius 2 is 1.02 bits per heavy atom. The molecule has 4 N–H and O–H groups in total. The molecule has 0 aromatic heterocycles. The van der Waals surface area contributed by atoms with Crippen LogP contribution in [-0.2, 0) is 46.6 Å². The summed E-state index contributed by atoms with van der Waals surface area (Å²) in [5, 5.41) is 9.74. The lowest BCUT2D eigenvalue weighted by Gasteiger charge is -2.20. The van der Waals surface area contributed by atoms with Crippen molar-refractivity contribution in [3.05, 3.63) is 85.1 Å². The fraction of sp³-hybridized carbons (Fsp3) is 0.630. The van der Waals surface area contributed by atoms with Gasteiger partial charge in [0.1, 0.15) is 12.7 Å². The van der Waals surface area contributed by atoms with E-state index in [4.69, 9.17) is 23.8 Å². The number of hydrogen-bond acceptors (Lipinski definition) is 11. The standard InChI is InChI=1S/C46H76O14P2/c1-3-5-7-9-11-12-13-14-15-16-17-18-19-20-21-22-24-28-32-36-45(49)56-40-44(41-59-62(54,55)58-39-43(48)38-57-61(51,52)53)60-46(50)37-33-29-25-27-31-35-42(47)34-30-26-23-10-8-6-4-2/h11-12,14-15,17-18,20-21,23-24,26,28,30,34,43-44,48H,3-10,13,16,19,22,25,27,29,31-33,35-41H2,1-2H3,(H,54,55)(H2,51,52,53)/b12-11-,15-14-,18-17-,21-20-,26-23-,28-24-,34-30+/t43-,44+/m0/s1. The Kier molecular flexibility index (Phi) is 38.7. The molecular weight excluding hydrogens is 838 g/mol. The molecule has 0 amide bonds. The van der Waals surface area contributed by atoms with Crippen LogP contribution in [0.2, 0.25) is 0 Å². The summed E-state index contributed by atoms with van der Waals surface area (Å²) in [6.45, 7) is 1.45. The first kappa shape index (κ1) is 59.0. The van der Waals surface area contributed by atoms with E-state index >= 15 is 0 Å². The first-order valence-corrected chi connectivity index (χ1v) is 25.3. The number of phosphoric ester groups is 2. The van der Waals surface area contributed by atoms with Gasteiger partial charge in [-0.15, -0.1) is 0 Å². The maximum atomic E-state index is 12.7. The molecule has 0 saturated carbocycles. The Morgan fingerprint density at radius 1 is 0.516 bits per heavy atom. The van der Waals surface area contributed by atoms with Crippen molar-refractivity contribution in [2.75, 3.05) is 26.4 Å². The molecule has 1 unspecified atom stereocenters. The average Bonchev–Trinajstić information content (AvgIpc) is 3.23. The molecule has 62 heavy (non-hydrogen) atoms. The quantitative estimate of drug-likeness (QED) is 0.0112. The minimum atomic E-state index is -4.89. The first-order valence-electron chi connectivity index (χ1n) is 22.2. The zero-order valence-electron chi connectivity index (χ0n) is 37.2. The largest absolute Gasteiger partial charge is 0.472 e. The van der Waals surface area contributed by atoms with Gasteiger partial charge in [0, 0.05) is 19.3 Å². The molecule has 0 spiro atoms. The number of hydrogen-bond donors (Lipinski definition) is 4. The van der Waals surface area contributed by atoms with Crippen molar-refractivity contribution < 1.29 is 66.3 Å². The van der Waals surface area contributed by atoms with E-state index in [1.165, 1.54) is 32.1 Å². The normalized spacial score (nSPS) is 14.7. The van der Waals surface area contributed by atoms with Gasteiger partial charge in [-0.05, 0) is 76.7 Å². The van der Waals surface area contributed by atoms with Crippen LogP contribution in [0.15, 0.2) is 85.1 Å². The first-order chi connectivity index (χ1) is 29.8. The Balaban J connectivity index is 4.72. The van der Waals surface area contributed by atoms with E-state index in [1.54, 1.807) is 12.2 Å². The van der Waals surface area contributed by atoms with Gasteiger partial charge in [0.25, 0.3) is 0 Å². The van der Waals surface area contributed by atoms with Gasteiger partial charge < -0.3 is 29.3 Å². The predicted octanol–water partition coefficient (Wildman–Crippen LogP) is 10.7. The fourth-order valence-corrected chi connectivity index (χ4v) is 6.47. The summed E-state index contributed by atoms with van der Waals surface area (Å²) < 4.78 is 47.6. The van der Waals surface area contributed by atoms with E-state index in [1.807, 2.05) is 24.3 Å². The van der Waals surface area contributed by atoms with Crippen LogP contribution >= 0.6 is 15.6 Å². The Labute approximate surface area is 371 Å². The van der Waals surface area contributed by atoms with E-state index in [2.05, 4.69) is 71.5 Å². The third-order valence-corrected chi connectivity index (χ3v) is 10.2. The smallest absolute Gasteiger partial charge is 0.462 e. The van der Waals surface area contributed by atoms with Crippen molar-refractivity contribution in [2.24, 2.45) is 0 Å². The zero-order valence-corrected chi connectivity index (χ0v) is 39.0. The predicted molar refractivity (Wildman–Crippen MR) is 244 cm³/mol. The third-order valence-electron chi connectivity index (χ3n) is 8.74. The van der Waals surface area contributed by atoms with E-state index < -0.39 is 66.2 Å². The van der Waals surface area contributed by atoms with Crippen LogP contribution in [-0.4, -0.2) is 76.1 Å². The van der Waals surface area contributed by atoms with E-state index in [9.17, 15) is 33.5 Å². The maximum Gasteiger partial charge on any atom is 0.472 e. The van der Waals surface area contributed by atoms with Crippen molar-refractivity contribution in [1.82, 2.24) is 0 Å². The molecule has 0 aliphatic rings. The van der Waals surface area contributed by atoms with E-state index in [0.29, 0.717) is 32.1 Å². The molecule has 0 rings (SSSR count). The fourth-order valence-electron chi connectivity index (χ4n) is 5.31. The zero-order chi connectivity index (χ0) is 46.0. The number of allylic oxidation sites excluding steroid dienone is 14. The molecule has 0 saturated heterocycles. The minimum absolute atomic E-state index is 0.0278. The summed E-state index contributed by atoms with van der Waals surface area (Å²) in [5.74, 6) is -1.16. The number of rotatable bonds is 41. The molecule has 0 radical (unpaired) electrons. The van der Waals surface area contributed by atoms with Gasteiger partial charge in [0.05, 0.1) is 19.8 Å². The summed E-state index contributed by atoms with van der Waals surface area (Å²) in [6, 6.07) is 0. The summed E-state index contributed by atoms with van der Waals surface area (Å²) in [4.78, 5) is 64.7. The van der Waals surface area contributed by atoms with Gasteiger partial charge in [-0.1, -0.05) is 138 Å². The minimum Gasteiger partial charge on any atom is -0.462 e. The number of ketones is 1. The van der Waals surface area contributed by atoms with Gasteiger partial charge in [-0.2, -0.15) is 0 Å². The van der Waals surface area contributed by atoms with Gasteiger partial charge in [0.2, 0.25) is 0 Å². The second-order valence-electron chi connectivity index (χ2n) is 14.6. The highest BCUT2D eigenvalue weighted by Crippen LogP contribution is 2.43. The number of unbranched alkanes of at least 4 members (excludes halogenated alkanes) is 10. The lowest BCUT2D eigenvalue weighted by Crippen LogP contribution is -2.29. The number of carbonyl (C=O) groups excluding carboxylic acids is 3. The number of carbonyl (C=O) groups is 3. The number of aliphatic hydroxyl groups is 1. The number of phosphoric acid groups is 2. The molecule has 14 nitrogen and oxygen atoms in total. The summed E-state index contributed by atoms with van der Waals surface area (Å²) in [5.41, 5.74) is 0. The molecule has 3 atom stereocenters. The van der Waals surface area contributed by atoms with Gasteiger partial charge >= 0.3 is 27.6 Å². The van der Waals surface area contributed by atoms with Crippen LogP contribution in [0.1, 0.15) is 149 Å². The monoisotopic (exact) mass is 914 g/mol. The highest BCUT2D eigenvalue weighted by molar-refractivity contribution is 7.47. The Hall–Kier alpha value is -3.03. The molecule has 354 valence electrons. The molecular formula is C46H76O14P2. The Bertz CT molecular complexity index is 1480. The number of esters is 2. The second kappa shape index (κ2) is 40.7. The molecule has 0 aliphatic heterocycles. The van der Waals surface area contributed by atoms with Gasteiger partial charge in [-0.3, -0.25) is 28.0 Å². The maximum absolute atomic E-state index is 12.7. The molecule has 0 aromatic rings. The average molecular weight is 915 g/mol. The number of ether oxygens (including phenoxy) is 2. The van der Waals surface area contributed by atoms with Gasteiger partial charge in [-0.25, -0.2) is 9.13 Å². The molecule has 0 heterocycles. The van der Waals surface area contributed by atoms with Gasteiger partial charge in [0.15, 0.2) is 11.9 Å². The van der Waals surface area contributed by atoms with E-state index in [-0.39, 0.29) is 18.6 Å². The van der Waals surface area contributed by atoms with Crippen LogP contribution < -0.4 is 0 Å². The summed E-state index contributed by atoms with van der Waals surface area (Å²) in [6.07, 6.45) is 42.7. The molecule has 16 heteroatoms. The van der Waals surface area contributed by atoms with Crippen LogP contribution in [0.25, 0.3) is 0 Å². The number of aliphatic hydroxyl groups excluding tert-OH is 1. The van der Waals surface area contributed by atoms with Crippen molar-refractivity contribution >= 4 is 33.4 Å². The van der Waals surface area contributed by atoms with Crippen LogP contribution in [0.5, 0.6) is 0 Å². The highest BCUT2D eigenvalue weighted by atomic mass is 31.2. The second-order valence-corrected chi connectivity index (χ2v) is 17.3. The molecule has 0 aliphatic carbocycles. The molecule has 0 fully saturated rings. The lowest BCUT2D eigenvalue weighted by atomic mass is 10.1. The van der Waals surface area contributed by atoms with E-state index in [0.717, 1.165) is 57.8 Å². The Morgan fingerprint density at radius 3 is 1.60 bits per heavy atom. The topological polar surface area (TPSA) is 212 Å². The van der Waals surface area contributed by atoms with Crippen molar-refractivity contribution in [2.45, 2.75) is 161 Å². The third kappa shape index (κ3) is 43.6. The molecule has 0 aromatic carbocycles. The van der Waals surface area contributed by atoms with Crippen molar-refractivity contribution in [3.8, 4) is 0 Å². The summed E-state index contributed by atoms with van der Waals surface area (Å²) in [7, 11) is -9.75. The SMILES string of the molecule is CCCCC/C=C\C=C\C(=O)CCCCCCCC(=O)O[C@H](COC(=O)CC/C=C\C/C=C\C/C=C\C/C=C\C/C=C\CCCCC)COP(=O)(O)OC[C@@H](O)COP(=O)(O)O. The van der Waals surface area contributed by atoms with Crippen LogP contribution in [0, 0.1) is 0 Å². The highest BCUT2D eigenvalue weighted by Gasteiger charge is 2.28. The van der Waals surface area contributed by atoms with Crippen LogP contribution in [0.3, 0.4) is 0 Å². The van der Waals surface area contributed by atoms with Crippen molar-refractivity contribution in [1.29, 1.82) is 0 Å². The molecule has 0 bridgehead atoms. The lowest BCUT2D eigenvalue weighted by molar-refractivity contribution is -0.161. The van der Waals surface area contributed by atoms with Crippen LogP contribution in [0.4, 0.5) is 0 Å².